The zero-order chi connectivity index (χ0) is 19.5. The molecular formula is C20H16N4O2S2. The number of nitrogens with one attached hydrogen (secondary N) is 1. The van der Waals surface area contributed by atoms with Crippen LogP contribution >= 0.6 is 23.1 Å². The highest BCUT2D eigenvalue weighted by Gasteiger charge is 2.15. The number of benzene rings is 1. The fraction of sp³-hybridized carbons (Fsp3) is 0.100. The number of nitrogens with zero attached hydrogens (tertiary/aromatic N) is 3. The molecule has 4 aromatic rings. The number of aryl methyl sites for hydroxylation is 1. The first-order chi connectivity index (χ1) is 13.6. The lowest BCUT2D eigenvalue weighted by Crippen LogP contribution is -2.32. The van der Waals surface area contributed by atoms with Crippen molar-refractivity contribution in [3.8, 4) is 10.4 Å². The Morgan fingerprint density at radius 3 is 2.71 bits per heavy atom. The minimum atomic E-state index is -0.409. The van der Waals surface area contributed by atoms with Gasteiger partial charge in [-0.25, -0.2) is 9.97 Å². The maximum absolute atomic E-state index is 12.2. The third kappa shape index (κ3) is 3.83. The van der Waals surface area contributed by atoms with E-state index in [0.29, 0.717) is 5.69 Å². The molecule has 0 saturated heterocycles. The molecule has 0 spiro atoms. The molecule has 1 N–H and O–H groups in total. The van der Waals surface area contributed by atoms with Crippen LogP contribution in [-0.4, -0.2) is 32.1 Å². The van der Waals surface area contributed by atoms with E-state index in [4.69, 9.17) is 0 Å². The van der Waals surface area contributed by atoms with Crippen LogP contribution in [0.1, 0.15) is 10.5 Å². The summed E-state index contributed by atoms with van der Waals surface area (Å²) < 4.78 is 1.67. The van der Waals surface area contributed by atoms with Gasteiger partial charge in [0, 0.05) is 23.5 Å². The van der Waals surface area contributed by atoms with Gasteiger partial charge in [-0.3, -0.25) is 14.9 Å². The zero-order valence-corrected chi connectivity index (χ0v) is 16.6. The number of amides is 2. The number of fused-ring (bicyclic) bond motifs is 1. The number of thiophene rings is 1. The van der Waals surface area contributed by atoms with E-state index >= 15 is 0 Å². The molecule has 140 valence electrons. The summed E-state index contributed by atoms with van der Waals surface area (Å²) in [6.07, 6.45) is 3.26. The van der Waals surface area contributed by atoms with Crippen molar-refractivity contribution in [3.05, 3.63) is 66.7 Å². The quantitative estimate of drug-likeness (QED) is 0.402. The molecule has 3 aromatic heterocycles. The number of hydrogen-bond donors (Lipinski definition) is 1. The van der Waals surface area contributed by atoms with Crippen molar-refractivity contribution in [2.75, 3.05) is 5.75 Å². The second-order valence-corrected chi connectivity index (χ2v) is 8.04. The lowest BCUT2D eigenvalue weighted by Gasteiger charge is -2.05. The average molecular weight is 409 g/mol. The lowest BCUT2D eigenvalue weighted by atomic mass is 10.2. The van der Waals surface area contributed by atoms with Crippen molar-refractivity contribution < 1.29 is 9.59 Å². The first-order valence-corrected chi connectivity index (χ1v) is 10.3. The van der Waals surface area contributed by atoms with Crippen LogP contribution in [-0.2, 0) is 11.8 Å². The van der Waals surface area contributed by atoms with E-state index in [1.807, 2.05) is 36.4 Å². The third-order valence-electron chi connectivity index (χ3n) is 4.12. The molecule has 0 saturated carbocycles. The van der Waals surface area contributed by atoms with Gasteiger partial charge in [-0.1, -0.05) is 42.1 Å². The van der Waals surface area contributed by atoms with Crippen LogP contribution in [0.15, 0.2) is 66.1 Å². The Kier molecular flexibility index (Phi) is 5.23. The van der Waals surface area contributed by atoms with E-state index in [-0.39, 0.29) is 11.7 Å². The summed E-state index contributed by atoms with van der Waals surface area (Å²) >= 11 is 2.88. The molecule has 0 aliphatic heterocycles. The number of aromatic nitrogens is 3. The summed E-state index contributed by atoms with van der Waals surface area (Å²) in [4.78, 5) is 35.0. The molecule has 8 heteroatoms. The Morgan fingerprint density at radius 2 is 1.96 bits per heavy atom. The Labute approximate surface area is 169 Å². The van der Waals surface area contributed by atoms with Crippen molar-refractivity contribution in [1.29, 1.82) is 0 Å². The minimum absolute atomic E-state index is 0.0960. The molecule has 0 unspecified atom stereocenters. The fourth-order valence-corrected chi connectivity index (χ4v) is 4.59. The molecule has 0 radical (unpaired) electrons. The predicted molar refractivity (Wildman–Crippen MR) is 111 cm³/mol. The van der Waals surface area contributed by atoms with Gasteiger partial charge in [0.25, 0.3) is 5.91 Å². The van der Waals surface area contributed by atoms with Gasteiger partial charge in [0.2, 0.25) is 5.91 Å². The second kappa shape index (κ2) is 7.95. The van der Waals surface area contributed by atoms with Gasteiger partial charge in [-0.05, 0) is 23.8 Å². The summed E-state index contributed by atoms with van der Waals surface area (Å²) in [6, 6.07) is 15.5. The number of rotatable bonds is 5. The molecular weight excluding hydrogens is 392 g/mol. The molecule has 0 aliphatic carbocycles. The summed E-state index contributed by atoms with van der Waals surface area (Å²) in [7, 11) is 1.76. The van der Waals surface area contributed by atoms with E-state index in [1.165, 1.54) is 18.1 Å². The van der Waals surface area contributed by atoms with E-state index in [1.54, 1.807) is 41.3 Å². The molecule has 4 rings (SSSR count). The normalized spacial score (nSPS) is 10.9. The number of hydrogen-bond acceptors (Lipinski definition) is 6. The minimum Gasteiger partial charge on any atom is -0.347 e. The first kappa shape index (κ1) is 18.4. The largest absolute Gasteiger partial charge is 0.347 e. The summed E-state index contributed by atoms with van der Waals surface area (Å²) in [5, 5.41) is 4.05. The molecule has 0 aliphatic rings. The van der Waals surface area contributed by atoms with Crippen LogP contribution in [0.5, 0.6) is 0 Å². The smallest absolute Gasteiger partial charge is 0.274 e. The van der Waals surface area contributed by atoms with E-state index in [9.17, 15) is 9.59 Å². The maximum atomic E-state index is 12.2. The second-order valence-electron chi connectivity index (χ2n) is 6.04. The Hall–Kier alpha value is -2.97. The van der Waals surface area contributed by atoms with Crippen molar-refractivity contribution in [3.63, 3.8) is 0 Å². The number of thioether (sulfide) groups is 1. The number of carbonyl (C=O) groups excluding carboxylic acids is 2. The van der Waals surface area contributed by atoms with Crippen LogP contribution in [0.4, 0.5) is 0 Å². The highest BCUT2D eigenvalue weighted by molar-refractivity contribution is 8.00. The molecule has 3 heterocycles. The first-order valence-electron chi connectivity index (χ1n) is 8.50. The van der Waals surface area contributed by atoms with Crippen molar-refractivity contribution >= 4 is 45.1 Å². The lowest BCUT2D eigenvalue weighted by molar-refractivity contribution is -0.117. The Bertz CT molecular complexity index is 1150. The van der Waals surface area contributed by atoms with Gasteiger partial charge in [-0.2, -0.15) is 0 Å². The average Bonchev–Trinajstić information content (AvgIpc) is 3.33. The van der Waals surface area contributed by atoms with Crippen LogP contribution in [0.2, 0.25) is 0 Å². The van der Waals surface area contributed by atoms with Gasteiger partial charge in [0.15, 0.2) is 0 Å². The van der Waals surface area contributed by atoms with Gasteiger partial charge in [0.05, 0.1) is 5.75 Å². The van der Waals surface area contributed by atoms with E-state index in [0.717, 1.165) is 25.7 Å². The monoisotopic (exact) mass is 408 g/mol. The van der Waals surface area contributed by atoms with E-state index < -0.39 is 5.91 Å². The summed E-state index contributed by atoms with van der Waals surface area (Å²) in [5.41, 5.74) is 1.56. The molecule has 2 amide bonds. The van der Waals surface area contributed by atoms with Gasteiger partial charge in [-0.15, -0.1) is 11.3 Å². The Morgan fingerprint density at radius 1 is 1.14 bits per heavy atom. The molecule has 0 fully saturated rings. The standard InChI is InChI=1S/C20H16N4O2S2/c1-24-9-5-8-15(24)18(26)23-17(25)11-27-19-14-10-16(13-6-3-2-4-7-13)28-20(14)22-12-21-19/h2-10,12H,11H2,1H3,(H,23,25,26). The topological polar surface area (TPSA) is 76.9 Å². The highest BCUT2D eigenvalue weighted by Crippen LogP contribution is 2.35. The maximum Gasteiger partial charge on any atom is 0.274 e. The number of carbonyl (C=O) groups is 2. The fourth-order valence-electron chi connectivity index (χ4n) is 2.75. The van der Waals surface area contributed by atoms with Crippen LogP contribution < -0.4 is 5.32 Å². The van der Waals surface area contributed by atoms with Crippen LogP contribution in [0.25, 0.3) is 20.7 Å². The van der Waals surface area contributed by atoms with Crippen molar-refractivity contribution in [2.45, 2.75) is 5.03 Å². The van der Waals surface area contributed by atoms with Gasteiger partial charge in [0.1, 0.15) is 21.9 Å². The van der Waals surface area contributed by atoms with E-state index in [2.05, 4.69) is 15.3 Å². The molecule has 0 bridgehead atoms. The zero-order valence-electron chi connectivity index (χ0n) is 15.0. The summed E-state index contributed by atoms with van der Waals surface area (Å²) in [5.74, 6) is -0.673. The SMILES string of the molecule is Cn1cccc1C(=O)NC(=O)CSc1ncnc2sc(-c3ccccc3)cc12. The van der Waals surface area contributed by atoms with Crippen LogP contribution in [0, 0.1) is 0 Å². The van der Waals surface area contributed by atoms with Crippen molar-refractivity contribution in [2.24, 2.45) is 7.05 Å². The van der Waals surface area contributed by atoms with Crippen LogP contribution in [0.3, 0.4) is 0 Å². The summed E-state index contributed by atoms with van der Waals surface area (Å²) in [6.45, 7) is 0. The number of imide groups is 1. The van der Waals surface area contributed by atoms with Crippen molar-refractivity contribution in [1.82, 2.24) is 19.9 Å². The molecule has 1 aromatic carbocycles. The predicted octanol–water partition coefficient (Wildman–Crippen LogP) is 3.75. The molecule has 6 nitrogen and oxygen atoms in total. The van der Waals surface area contributed by atoms with Gasteiger partial charge < -0.3 is 4.57 Å². The van der Waals surface area contributed by atoms with Gasteiger partial charge >= 0.3 is 0 Å². The molecule has 28 heavy (non-hydrogen) atoms. The highest BCUT2D eigenvalue weighted by atomic mass is 32.2. The molecule has 0 atom stereocenters. The Balaban J connectivity index is 1.47. The third-order valence-corrected chi connectivity index (χ3v) is 6.22.